The molecule has 1 N–H and O–H groups in total. The van der Waals surface area contributed by atoms with Gasteiger partial charge in [-0.1, -0.05) is 46.7 Å². The van der Waals surface area contributed by atoms with Crippen molar-refractivity contribution in [3.63, 3.8) is 0 Å². The van der Waals surface area contributed by atoms with Crippen molar-refractivity contribution in [1.29, 1.82) is 0 Å². The summed E-state index contributed by atoms with van der Waals surface area (Å²) in [5, 5.41) is 9.91. The third kappa shape index (κ3) is 5.43. The van der Waals surface area contributed by atoms with E-state index in [1.165, 1.54) is 16.7 Å². The molecule has 1 aliphatic heterocycles. The zero-order valence-electron chi connectivity index (χ0n) is 23.2. The number of hydrogen-bond acceptors (Lipinski definition) is 8. The average molecular weight is 650 g/mol. The number of carbonyl (C=O) groups is 2. The van der Waals surface area contributed by atoms with E-state index in [1.54, 1.807) is 74.5 Å². The molecule has 44 heavy (non-hydrogen) atoms. The minimum atomic E-state index is -1.02. The first kappa shape index (κ1) is 29.4. The third-order valence-corrected chi connectivity index (χ3v) is 8.66. The number of rotatable bonds is 7. The third-order valence-electron chi connectivity index (χ3n) is 6.93. The van der Waals surface area contributed by atoms with Crippen LogP contribution in [0.3, 0.4) is 0 Å². The van der Waals surface area contributed by atoms with Crippen molar-refractivity contribution in [3.05, 3.63) is 125 Å². The highest BCUT2D eigenvalue weighted by Crippen LogP contribution is 2.35. The van der Waals surface area contributed by atoms with Crippen LogP contribution in [0.25, 0.3) is 28.7 Å². The first-order chi connectivity index (χ1) is 21.1. The molecule has 222 valence electrons. The average Bonchev–Trinajstić information content (AvgIpc) is 3.74. The Morgan fingerprint density at radius 2 is 1.70 bits per heavy atom. The van der Waals surface area contributed by atoms with E-state index in [4.69, 9.17) is 41.9 Å². The van der Waals surface area contributed by atoms with Crippen molar-refractivity contribution < 1.29 is 28.3 Å². The molecule has 0 bridgehead atoms. The van der Waals surface area contributed by atoms with Gasteiger partial charge in [0, 0.05) is 17.2 Å². The molecule has 2 aromatic carbocycles. The zero-order valence-corrected chi connectivity index (χ0v) is 25.5. The van der Waals surface area contributed by atoms with Gasteiger partial charge in [-0.15, -0.1) is 0 Å². The fraction of sp³-hybridized carbons (Fsp3) is 0.125. The van der Waals surface area contributed by atoms with Crippen molar-refractivity contribution in [3.8, 4) is 22.6 Å². The Kier molecular flexibility index (Phi) is 7.89. The Labute approximate surface area is 263 Å². The van der Waals surface area contributed by atoms with Crippen LogP contribution in [0, 0.1) is 0 Å². The summed E-state index contributed by atoms with van der Waals surface area (Å²) < 4.78 is 19.3. The summed E-state index contributed by atoms with van der Waals surface area (Å²) in [6, 6.07) is 17.3. The molecule has 0 amide bonds. The lowest BCUT2D eigenvalue weighted by Crippen LogP contribution is -2.39. The van der Waals surface area contributed by atoms with Gasteiger partial charge in [0.2, 0.25) is 0 Å². The summed E-state index contributed by atoms with van der Waals surface area (Å²) in [5.41, 5.74) is 1.70. The lowest BCUT2D eigenvalue weighted by Gasteiger charge is -2.22. The maximum Gasteiger partial charge on any atom is 0.338 e. The maximum absolute atomic E-state index is 13.9. The van der Waals surface area contributed by atoms with Crippen LogP contribution in [-0.2, 0) is 9.53 Å². The number of furan rings is 2. The molecule has 9 nitrogen and oxygen atoms in total. The van der Waals surface area contributed by atoms with Gasteiger partial charge in [-0.3, -0.25) is 9.36 Å². The van der Waals surface area contributed by atoms with Crippen molar-refractivity contribution in [1.82, 2.24) is 4.57 Å². The topological polar surface area (TPSA) is 124 Å². The minimum Gasteiger partial charge on any atom is -0.478 e. The lowest BCUT2D eigenvalue weighted by molar-refractivity contribution is -0.139. The molecule has 1 aliphatic rings. The molecule has 5 aromatic rings. The first-order valence-electron chi connectivity index (χ1n) is 13.3. The first-order valence-corrected chi connectivity index (χ1v) is 14.9. The number of carbonyl (C=O) groups excluding carboxylic acids is 1. The van der Waals surface area contributed by atoms with Gasteiger partial charge in [0.1, 0.15) is 29.1 Å². The number of aromatic carboxylic acids is 1. The second kappa shape index (κ2) is 11.8. The number of fused-ring (bicyclic) bond motifs is 1. The van der Waals surface area contributed by atoms with Gasteiger partial charge in [0.05, 0.1) is 38.0 Å². The van der Waals surface area contributed by atoms with Crippen molar-refractivity contribution in [2.45, 2.75) is 19.9 Å². The molecule has 6 rings (SSSR count). The Bertz CT molecular complexity index is 2150. The lowest BCUT2D eigenvalue weighted by atomic mass is 10.0. The molecule has 0 unspecified atom stereocenters. The van der Waals surface area contributed by atoms with Crippen LogP contribution in [0.4, 0.5) is 0 Å². The number of nitrogens with zero attached hydrogens (tertiary/aromatic N) is 2. The Morgan fingerprint density at radius 1 is 1.00 bits per heavy atom. The summed E-state index contributed by atoms with van der Waals surface area (Å²) >= 11 is 13.4. The van der Waals surface area contributed by atoms with Crippen LogP contribution in [0.1, 0.15) is 41.8 Å². The number of carboxylic acid groups (broad SMARTS) is 1. The molecule has 4 heterocycles. The van der Waals surface area contributed by atoms with E-state index in [9.17, 15) is 14.4 Å². The van der Waals surface area contributed by atoms with Gasteiger partial charge in [0.15, 0.2) is 4.80 Å². The Hall–Kier alpha value is -4.64. The van der Waals surface area contributed by atoms with Crippen molar-refractivity contribution in [2.75, 3.05) is 6.61 Å². The number of aromatic nitrogens is 1. The molecule has 1 atom stereocenters. The molecular formula is C32H22Cl2N2O7S. The van der Waals surface area contributed by atoms with Gasteiger partial charge in [-0.2, -0.15) is 0 Å². The van der Waals surface area contributed by atoms with Crippen LogP contribution >= 0.6 is 34.5 Å². The smallest absolute Gasteiger partial charge is 0.338 e. The molecule has 0 spiro atoms. The molecule has 0 radical (unpaired) electrons. The molecule has 3 aromatic heterocycles. The summed E-state index contributed by atoms with van der Waals surface area (Å²) in [5.74, 6) is 0.0891. The molecule has 0 fully saturated rings. The van der Waals surface area contributed by atoms with E-state index in [2.05, 4.69) is 4.99 Å². The second-order valence-electron chi connectivity index (χ2n) is 9.72. The fourth-order valence-corrected chi connectivity index (χ4v) is 6.18. The number of carboxylic acids is 1. The number of hydrogen-bond donors (Lipinski definition) is 1. The van der Waals surface area contributed by atoms with E-state index in [0.717, 1.165) is 11.3 Å². The summed E-state index contributed by atoms with van der Waals surface area (Å²) in [4.78, 5) is 43.2. The second-order valence-corrected chi connectivity index (χ2v) is 11.5. The number of esters is 1. The van der Waals surface area contributed by atoms with E-state index < -0.39 is 23.5 Å². The highest BCUT2D eigenvalue weighted by atomic mass is 35.5. The summed E-state index contributed by atoms with van der Waals surface area (Å²) in [7, 11) is 0. The van der Waals surface area contributed by atoms with E-state index in [-0.39, 0.29) is 17.7 Å². The van der Waals surface area contributed by atoms with Gasteiger partial charge in [0.25, 0.3) is 5.56 Å². The van der Waals surface area contributed by atoms with E-state index in [0.29, 0.717) is 59.2 Å². The monoisotopic (exact) mass is 648 g/mol. The number of benzene rings is 2. The molecule has 0 saturated carbocycles. The van der Waals surface area contributed by atoms with Gasteiger partial charge in [-0.25, -0.2) is 14.6 Å². The number of halogens is 2. The van der Waals surface area contributed by atoms with Gasteiger partial charge < -0.3 is 18.7 Å². The van der Waals surface area contributed by atoms with Crippen LogP contribution in [0.2, 0.25) is 10.0 Å². The zero-order chi connectivity index (χ0) is 31.1. The van der Waals surface area contributed by atoms with Crippen molar-refractivity contribution >= 4 is 52.6 Å². The van der Waals surface area contributed by atoms with E-state index >= 15 is 0 Å². The van der Waals surface area contributed by atoms with Crippen LogP contribution in [0.5, 0.6) is 0 Å². The fourth-order valence-electron chi connectivity index (χ4n) is 4.86. The number of thiazole rings is 1. The van der Waals surface area contributed by atoms with E-state index in [1.807, 2.05) is 0 Å². The molecular weight excluding hydrogens is 627 g/mol. The highest BCUT2D eigenvalue weighted by molar-refractivity contribution is 7.07. The SMILES string of the molecule is CCOC(=O)C1=C(C)N=c2s/c(=C\c3ccc(-c4ccc(C(=O)O)cc4)o3)c(=O)n2[C@@H]1c1ccc(-c2ccc(Cl)c(Cl)c2)o1. The van der Waals surface area contributed by atoms with Crippen LogP contribution in [-0.4, -0.2) is 28.2 Å². The standard InChI is InChI=1S/C32H22Cl2N2O7S/c1-3-41-31(40)27-16(2)35-32-36(28(27)25-13-12-24(43-25)19-8-10-21(33)22(34)14-19)29(37)26(44-32)15-20-9-11-23(42-20)17-4-6-18(7-5-17)30(38)39/h4-15,28H,3H2,1-2H3,(H,38,39)/b26-15-/t28-/m1/s1. The molecule has 0 saturated heterocycles. The number of ether oxygens (including phenoxy) is 1. The van der Waals surface area contributed by atoms with Gasteiger partial charge >= 0.3 is 11.9 Å². The predicted molar refractivity (Wildman–Crippen MR) is 166 cm³/mol. The van der Waals surface area contributed by atoms with Crippen LogP contribution in [0.15, 0.2) is 96.6 Å². The molecule has 0 aliphatic carbocycles. The Morgan fingerprint density at radius 3 is 2.41 bits per heavy atom. The van der Waals surface area contributed by atoms with Crippen molar-refractivity contribution in [2.24, 2.45) is 4.99 Å². The minimum absolute atomic E-state index is 0.138. The summed E-state index contributed by atoms with van der Waals surface area (Å²) in [6.45, 7) is 3.53. The predicted octanol–water partition coefficient (Wildman–Crippen LogP) is 6.32. The molecule has 12 heteroatoms. The van der Waals surface area contributed by atoms with Crippen LogP contribution < -0.4 is 14.9 Å². The largest absolute Gasteiger partial charge is 0.478 e. The summed E-state index contributed by atoms with van der Waals surface area (Å²) in [6.07, 6.45) is 1.60. The van der Waals surface area contributed by atoms with Gasteiger partial charge in [-0.05, 0) is 68.4 Å². The quantitative estimate of drug-likeness (QED) is 0.205. The highest BCUT2D eigenvalue weighted by Gasteiger charge is 2.35. The maximum atomic E-state index is 13.9. The Balaban J connectivity index is 1.43. The number of allylic oxidation sites excluding steroid dienone is 1. The normalized spacial score (nSPS) is 14.8.